The molecule has 0 radical (unpaired) electrons. The molecule has 6 nitrogen and oxygen atoms in total. The second-order valence-corrected chi connectivity index (χ2v) is 8.35. The number of benzene rings is 2. The largest absolute Gasteiger partial charge is 0.507 e. The molecule has 1 fully saturated rings. The molecule has 1 atom stereocenters. The first-order chi connectivity index (χ1) is 15.8. The number of hydrogen-bond donors (Lipinski definition) is 1. The minimum absolute atomic E-state index is 0.0415. The highest BCUT2D eigenvalue weighted by atomic mass is 16.5. The highest BCUT2D eigenvalue weighted by Crippen LogP contribution is 2.43. The van der Waals surface area contributed by atoms with Gasteiger partial charge < -0.3 is 9.84 Å². The molecule has 1 aliphatic heterocycles. The van der Waals surface area contributed by atoms with Crippen molar-refractivity contribution in [1.29, 1.82) is 0 Å². The normalized spacial score (nSPS) is 17.6. The van der Waals surface area contributed by atoms with Gasteiger partial charge in [-0.05, 0) is 59.9 Å². The van der Waals surface area contributed by atoms with Crippen LogP contribution in [0.15, 0.2) is 72.6 Å². The SMILES string of the molecule is COc1cc(C)c(/C(O)=C2\C(=O)C(=O)N(c3ccccc3)C2c2cccnc2)cc1C(C)C. The van der Waals surface area contributed by atoms with E-state index in [4.69, 9.17) is 4.74 Å². The lowest BCUT2D eigenvalue weighted by Crippen LogP contribution is -2.29. The fourth-order valence-electron chi connectivity index (χ4n) is 4.27. The third kappa shape index (κ3) is 3.89. The molecule has 1 N–H and O–H groups in total. The third-order valence-corrected chi connectivity index (χ3v) is 5.93. The molecule has 1 amide bonds. The zero-order valence-corrected chi connectivity index (χ0v) is 19.1. The second kappa shape index (κ2) is 8.90. The van der Waals surface area contributed by atoms with Crippen molar-refractivity contribution in [2.75, 3.05) is 12.0 Å². The number of amides is 1. The molecule has 2 aromatic carbocycles. The van der Waals surface area contributed by atoms with Crippen LogP contribution in [-0.4, -0.2) is 28.9 Å². The van der Waals surface area contributed by atoms with Crippen LogP contribution in [-0.2, 0) is 9.59 Å². The molecule has 3 aromatic rings. The van der Waals surface area contributed by atoms with Gasteiger partial charge in [-0.3, -0.25) is 19.5 Å². The highest BCUT2D eigenvalue weighted by Gasteiger charge is 2.47. The fourth-order valence-corrected chi connectivity index (χ4v) is 4.27. The summed E-state index contributed by atoms with van der Waals surface area (Å²) in [5, 5.41) is 11.5. The number of methoxy groups -OCH3 is 1. The zero-order chi connectivity index (χ0) is 23.7. The number of Topliss-reactive ketones (excluding diaryl/α,β-unsaturated/α-hetero) is 1. The van der Waals surface area contributed by atoms with Crippen LogP contribution in [0.25, 0.3) is 5.76 Å². The van der Waals surface area contributed by atoms with Crippen LogP contribution in [0.4, 0.5) is 5.69 Å². The number of aromatic nitrogens is 1. The summed E-state index contributed by atoms with van der Waals surface area (Å²) in [5.41, 5.74) is 3.39. The number of aliphatic hydroxyl groups is 1. The molecule has 1 aromatic heterocycles. The number of nitrogens with zero attached hydrogens (tertiary/aromatic N) is 2. The van der Waals surface area contributed by atoms with Crippen molar-refractivity contribution in [3.05, 3.63) is 94.8 Å². The predicted molar refractivity (Wildman–Crippen MR) is 127 cm³/mol. The first-order valence-electron chi connectivity index (χ1n) is 10.8. The Bertz CT molecular complexity index is 1230. The smallest absolute Gasteiger partial charge is 0.300 e. The van der Waals surface area contributed by atoms with E-state index in [0.29, 0.717) is 22.6 Å². The molecule has 0 aliphatic carbocycles. The number of ether oxygens (including phenoxy) is 1. The monoisotopic (exact) mass is 442 g/mol. The fraction of sp³-hybridized carbons (Fsp3) is 0.222. The average molecular weight is 443 g/mol. The maximum absolute atomic E-state index is 13.3. The number of para-hydroxylation sites is 1. The first kappa shape index (κ1) is 22.3. The van der Waals surface area contributed by atoms with Crippen molar-refractivity contribution < 1.29 is 19.4 Å². The Balaban J connectivity index is 1.97. The van der Waals surface area contributed by atoms with Crippen molar-refractivity contribution in [3.63, 3.8) is 0 Å². The Hall–Kier alpha value is -3.93. The summed E-state index contributed by atoms with van der Waals surface area (Å²) in [7, 11) is 1.61. The summed E-state index contributed by atoms with van der Waals surface area (Å²) >= 11 is 0. The molecule has 0 spiro atoms. The molecule has 0 bridgehead atoms. The quantitative estimate of drug-likeness (QED) is 0.336. The molecule has 0 saturated carbocycles. The number of pyridine rings is 1. The predicted octanol–water partition coefficient (Wildman–Crippen LogP) is 5.15. The van der Waals surface area contributed by atoms with Gasteiger partial charge in [-0.25, -0.2) is 0 Å². The number of aliphatic hydroxyl groups excluding tert-OH is 1. The van der Waals surface area contributed by atoms with E-state index in [-0.39, 0.29) is 17.3 Å². The van der Waals surface area contributed by atoms with Crippen LogP contribution in [0.2, 0.25) is 0 Å². The Kier molecular flexibility index (Phi) is 6.01. The van der Waals surface area contributed by atoms with Crippen LogP contribution in [0.3, 0.4) is 0 Å². The number of aryl methyl sites for hydroxylation is 1. The topological polar surface area (TPSA) is 79.7 Å². The van der Waals surface area contributed by atoms with Gasteiger partial charge in [0.1, 0.15) is 11.5 Å². The summed E-state index contributed by atoms with van der Waals surface area (Å²) in [6, 6.07) is 15.4. The minimum atomic E-state index is -0.801. The lowest BCUT2D eigenvalue weighted by Gasteiger charge is -2.25. The summed E-state index contributed by atoms with van der Waals surface area (Å²) in [4.78, 5) is 32.1. The Morgan fingerprint density at radius 2 is 1.82 bits per heavy atom. The molecular weight excluding hydrogens is 416 g/mol. The van der Waals surface area contributed by atoms with Gasteiger partial charge in [-0.1, -0.05) is 38.1 Å². The van der Waals surface area contributed by atoms with E-state index in [9.17, 15) is 14.7 Å². The van der Waals surface area contributed by atoms with Gasteiger partial charge >= 0.3 is 0 Å². The molecular formula is C27H26N2O4. The van der Waals surface area contributed by atoms with Gasteiger partial charge in [0.15, 0.2) is 0 Å². The van der Waals surface area contributed by atoms with Gasteiger partial charge in [0.25, 0.3) is 11.7 Å². The van der Waals surface area contributed by atoms with Crippen molar-refractivity contribution in [3.8, 4) is 5.75 Å². The van der Waals surface area contributed by atoms with E-state index < -0.39 is 17.7 Å². The first-order valence-corrected chi connectivity index (χ1v) is 10.8. The molecule has 2 heterocycles. The summed E-state index contributed by atoms with van der Waals surface area (Å²) in [5.74, 6) is -0.776. The second-order valence-electron chi connectivity index (χ2n) is 8.35. The average Bonchev–Trinajstić information content (AvgIpc) is 3.09. The van der Waals surface area contributed by atoms with E-state index in [0.717, 1.165) is 11.1 Å². The highest BCUT2D eigenvalue weighted by molar-refractivity contribution is 6.51. The number of carbonyl (C=O) groups is 2. The van der Waals surface area contributed by atoms with Crippen molar-refractivity contribution in [2.45, 2.75) is 32.7 Å². The van der Waals surface area contributed by atoms with Crippen LogP contribution in [0, 0.1) is 6.92 Å². The Morgan fingerprint density at radius 1 is 1.09 bits per heavy atom. The summed E-state index contributed by atoms with van der Waals surface area (Å²) in [6.07, 6.45) is 3.24. The van der Waals surface area contributed by atoms with Gasteiger partial charge in [0.05, 0.1) is 18.7 Å². The molecule has 168 valence electrons. The number of rotatable bonds is 5. The molecule has 4 rings (SSSR count). The number of ketones is 1. The molecule has 1 aliphatic rings. The van der Waals surface area contributed by atoms with E-state index >= 15 is 0 Å². The number of carbonyl (C=O) groups excluding carboxylic acids is 2. The minimum Gasteiger partial charge on any atom is -0.507 e. The Labute approximate surface area is 193 Å². The lowest BCUT2D eigenvalue weighted by atomic mass is 9.91. The number of anilines is 1. The van der Waals surface area contributed by atoms with Crippen molar-refractivity contribution in [1.82, 2.24) is 4.98 Å². The van der Waals surface area contributed by atoms with Crippen LogP contribution in [0.1, 0.15) is 48.1 Å². The van der Waals surface area contributed by atoms with Gasteiger partial charge in [-0.2, -0.15) is 0 Å². The van der Waals surface area contributed by atoms with Gasteiger partial charge in [0, 0.05) is 23.6 Å². The van der Waals surface area contributed by atoms with Gasteiger partial charge in [-0.15, -0.1) is 0 Å². The zero-order valence-electron chi connectivity index (χ0n) is 19.1. The Morgan fingerprint density at radius 3 is 2.42 bits per heavy atom. The van der Waals surface area contributed by atoms with Crippen molar-refractivity contribution >= 4 is 23.1 Å². The lowest BCUT2D eigenvalue weighted by molar-refractivity contribution is -0.132. The summed E-state index contributed by atoms with van der Waals surface area (Å²) < 4.78 is 5.52. The van der Waals surface area contributed by atoms with E-state index in [1.807, 2.05) is 39.0 Å². The molecule has 1 unspecified atom stereocenters. The van der Waals surface area contributed by atoms with Crippen LogP contribution >= 0.6 is 0 Å². The summed E-state index contributed by atoms with van der Waals surface area (Å²) in [6.45, 7) is 5.90. The van der Waals surface area contributed by atoms with Crippen molar-refractivity contribution in [2.24, 2.45) is 0 Å². The maximum Gasteiger partial charge on any atom is 0.300 e. The van der Waals surface area contributed by atoms with Crippen LogP contribution in [0.5, 0.6) is 5.75 Å². The molecule has 6 heteroatoms. The van der Waals surface area contributed by atoms with Crippen LogP contribution < -0.4 is 9.64 Å². The molecule has 1 saturated heterocycles. The third-order valence-electron chi connectivity index (χ3n) is 5.93. The molecule has 33 heavy (non-hydrogen) atoms. The number of hydrogen-bond acceptors (Lipinski definition) is 5. The van der Waals surface area contributed by atoms with Gasteiger partial charge in [0.2, 0.25) is 0 Å². The van der Waals surface area contributed by atoms with E-state index in [1.165, 1.54) is 4.90 Å². The van der Waals surface area contributed by atoms with E-state index in [1.54, 1.807) is 55.9 Å². The van der Waals surface area contributed by atoms with E-state index in [2.05, 4.69) is 4.98 Å². The standard InChI is InChI=1S/C27H26N2O4/c1-16(2)20-14-21(17(3)13-22(20)33-4)25(30)23-24(18-9-8-12-28-15-18)29(27(32)26(23)31)19-10-6-5-7-11-19/h5-16,24,30H,1-4H3/b25-23+. The maximum atomic E-state index is 13.3.